The number of fused-ring (bicyclic) bond motifs is 1. The molecule has 0 saturated heterocycles. The van der Waals surface area contributed by atoms with E-state index < -0.39 is 15.9 Å². The Morgan fingerprint density at radius 3 is 2.58 bits per heavy atom. The van der Waals surface area contributed by atoms with E-state index in [1.165, 1.54) is 31.4 Å². The number of nitrogens with one attached hydrogen (secondary N) is 2. The molecule has 31 heavy (non-hydrogen) atoms. The van der Waals surface area contributed by atoms with Gasteiger partial charge in [0.25, 0.3) is 15.9 Å². The topological polar surface area (TPSA) is 123 Å². The predicted octanol–water partition coefficient (Wildman–Crippen LogP) is 3.18. The minimum atomic E-state index is -4.02. The lowest BCUT2D eigenvalue weighted by atomic mass is 10.2. The lowest BCUT2D eigenvalue weighted by Gasteiger charge is -2.13. The van der Waals surface area contributed by atoms with Crippen LogP contribution in [0.3, 0.4) is 0 Å². The van der Waals surface area contributed by atoms with Gasteiger partial charge >= 0.3 is 0 Å². The molecule has 3 aromatic rings. The molecule has 0 saturated carbocycles. The number of aromatic hydroxyl groups is 1. The van der Waals surface area contributed by atoms with Gasteiger partial charge in [0.1, 0.15) is 11.5 Å². The van der Waals surface area contributed by atoms with Crippen LogP contribution in [0.15, 0.2) is 65.6 Å². The van der Waals surface area contributed by atoms with Crippen molar-refractivity contribution in [3.63, 3.8) is 0 Å². The van der Waals surface area contributed by atoms with Gasteiger partial charge in [0.05, 0.1) is 23.4 Å². The molecular formula is C21H18N2O7S. The van der Waals surface area contributed by atoms with E-state index in [2.05, 4.69) is 10.0 Å². The van der Waals surface area contributed by atoms with Crippen LogP contribution in [0, 0.1) is 0 Å². The SMILES string of the molecule is COc1ccccc1NS(=O)(=O)c1ccc(O)c(NC(=O)c2ccc3c(c2)OCO3)c1. The molecule has 1 aliphatic heterocycles. The maximum atomic E-state index is 12.8. The van der Waals surface area contributed by atoms with Gasteiger partial charge in [-0.3, -0.25) is 9.52 Å². The molecule has 3 N–H and O–H groups in total. The van der Waals surface area contributed by atoms with Crippen LogP contribution in [0.25, 0.3) is 0 Å². The molecule has 160 valence electrons. The summed E-state index contributed by atoms with van der Waals surface area (Å²) < 4.78 is 43.7. The maximum absolute atomic E-state index is 12.8. The fourth-order valence-electron chi connectivity index (χ4n) is 2.95. The molecule has 1 heterocycles. The summed E-state index contributed by atoms with van der Waals surface area (Å²) in [6, 6.07) is 14.7. The molecule has 10 heteroatoms. The lowest BCUT2D eigenvalue weighted by molar-refractivity contribution is 0.102. The Labute approximate surface area is 178 Å². The van der Waals surface area contributed by atoms with Gasteiger partial charge in [-0.1, -0.05) is 12.1 Å². The third-order valence-electron chi connectivity index (χ3n) is 4.51. The van der Waals surface area contributed by atoms with Crippen molar-refractivity contribution < 1.29 is 32.5 Å². The zero-order chi connectivity index (χ0) is 22.0. The molecule has 0 spiro atoms. The molecule has 9 nitrogen and oxygen atoms in total. The van der Waals surface area contributed by atoms with Gasteiger partial charge in [-0.15, -0.1) is 0 Å². The monoisotopic (exact) mass is 442 g/mol. The van der Waals surface area contributed by atoms with E-state index in [1.807, 2.05) is 0 Å². The highest BCUT2D eigenvalue weighted by molar-refractivity contribution is 7.92. The second-order valence-electron chi connectivity index (χ2n) is 6.51. The quantitative estimate of drug-likeness (QED) is 0.501. The minimum absolute atomic E-state index is 0.0643. The number of carbonyl (C=O) groups is 1. The van der Waals surface area contributed by atoms with Crippen LogP contribution in [0.2, 0.25) is 0 Å². The number of sulfonamides is 1. The molecular weight excluding hydrogens is 424 g/mol. The molecule has 0 aromatic heterocycles. The molecule has 4 rings (SSSR count). The molecule has 3 aromatic carbocycles. The van der Waals surface area contributed by atoms with Crippen molar-refractivity contribution in [3.05, 3.63) is 66.2 Å². The van der Waals surface area contributed by atoms with Crippen LogP contribution >= 0.6 is 0 Å². The molecule has 0 radical (unpaired) electrons. The molecule has 1 amide bonds. The van der Waals surface area contributed by atoms with Crippen LogP contribution < -0.4 is 24.2 Å². The first-order valence-corrected chi connectivity index (χ1v) is 10.6. The highest BCUT2D eigenvalue weighted by Crippen LogP contribution is 2.34. The molecule has 1 aliphatic rings. The lowest BCUT2D eigenvalue weighted by Crippen LogP contribution is -2.15. The normalized spacial score (nSPS) is 12.3. The average molecular weight is 442 g/mol. The summed E-state index contributed by atoms with van der Waals surface area (Å²) in [5, 5.41) is 12.6. The number of benzene rings is 3. The van der Waals surface area contributed by atoms with Crippen LogP contribution in [-0.2, 0) is 10.0 Å². The number of rotatable bonds is 6. The fourth-order valence-corrected chi connectivity index (χ4v) is 4.04. The Hall–Kier alpha value is -3.92. The van der Waals surface area contributed by atoms with E-state index in [-0.39, 0.29) is 34.4 Å². The first-order chi connectivity index (χ1) is 14.9. The standard InChI is InChI=1S/C21H18N2O7S/c1-28-18-5-3-2-4-15(18)23-31(26,27)14-7-8-17(24)16(11-14)22-21(25)13-6-9-19-20(10-13)30-12-29-19/h2-11,23-24H,12H2,1H3,(H,22,25). The average Bonchev–Trinajstić information content (AvgIpc) is 3.23. The van der Waals surface area contributed by atoms with Crippen LogP contribution in [0.4, 0.5) is 11.4 Å². The number of methoxy groups -OCH3 is 1. The minimum Gasteiger partial charge on any atom is -0.506 e. The van der Waals surface area contributed by atoms with Gasteiger partial charge in [-0.05, 0) is 48.5 Å². The smallest absolute Gasteiger partial charge is 0.262 e. The largest absolute Gasteiger partial charge is 0.506 e. The number of phenols is 1. The van der Waals surface area contributed by atoms with Gasteiger partial charge in [0, 0.05) is 5.56 Å². The summed E-state index contributed by atoms with van der Waals surface area (Å²) in [5.74, 6) is 0.455. The van der Waals surface area contributed by atoms with Crippen molar-refractivity contribution in [1.29, 1.82) is 0 Å². The third-order valence-corrected chi connectivity index (χ3v) is 5.88. The van der Waals surface area contributed by atoms with E-state index in [4.69, 9.17) is 14.2 Å². The summed E-state index contributed by atoms with van der Waals surface area (Å²) in [6.07, 6.45) is 0. The molecule has 0 unspecified atom stereocenters. The van der Waals surface area contributed by atoms with E-state index in [0.717, 1.165) is 6.07 Å². The van der Waals surface area contributed by atoms with Crippen molar-refractivity contribution >= 4 is 27.3 Å². The second-order valence-corrected chi connectivity index (χ2v) is 8.19. The predicted molar refractivity (Wildman–Crippen MR) is 112 cm³/mol. The summed E-state index contributed by atoms with van der Waals surface area (Å²) in [7, 11) is -2.59. The van der Waals surface area contributed by atoms with E-state index in [1.54, 1.807) is 30.3 Å². The summed E-state index contributed by atoms with van der Waals surface area (Å²) in [4.78, 5) is 12.4. The first kappa shape index (κ1) is 20.4. The zero-order valence-corrected chi connectivity index (χ0v) is 17.1. The Balaban J connectivity index is 1.58. The summed E-state index contributed by atoms with van der Waals surface area (Å²) in [5.41, 5.74) is 0.443. The van der Waals surface area contributed by atoms with Crippen LogP contribution in [-0.4, -0.2) is 33.3 Å². The first-order valence-electron chi connectivity index (χ1n) is 9.07. The number of anilines is 2. The maximum Gasteiger partial charge on any atom is 0.262 e. The number of amides is 1. The Bertz CT molecular complexity index is 1260. The number of hydrogen-bond donors (Lipinski definition) is 3. The van der Waals surface area contributed by atoms with Gasteiger partial charge in [0.2, 0.25) is 6.79 Å². The number of ether oxygens (including phenoxy) is 3. The molecule has 0 aliphatic carbocycles. The van der Waals surface area contributed by atoms with Gasteiger partial charge in [-0.2, -0.15) is 0 Å². The Kier molecular flexibility index (Phi) is 5.30. The highest BCUT2D eigenvalue weighted by atomic mass is 32.2. The Morgan fingerprint density at radius 2 is 1.77 bits per heavy atom. The van der Waals surface area contributed by atoms with E-state index in [9.17, 15) is 18.3 Å². The van der Waals surface area contributed by atoms with Crippen molar-refractivity contribution in [2.24, 2.45) is 0 Å². The van der Waals surface area contributed by atoms with Gasteiger partial charge < -0.3 is 24.6 Å². The van der Waals surface area contributed by atoms with Crippen molar-refractivity contribution in [3.8, 4) is 23.0 Å². The number of hydrogen-bond acceptors (Lipinski definition) is 7. The van der Waals surface area contributed by atoms with E-state index >= 15 is 0 Å². The van der Waals surface area contributed by atoms with Crippen molar-refractivity contribution in [1.82, 2.24) is 0 Å². The zero-order valence-electron chi connectivity index (χ0n) is 16.3. The molecule has 0 bridgehead atoms. The summed E-state index contributed by atoms with van der Waals surface area (Å²) in [6.45, 7) is 0.0697. The van der Waals surface area contributed by atoms with Crippen LogP contribution in [0.1, 0.15) is 10.4 Å². The fraction of sp³-hybridized carbons (Fsp3) is 0.0952. The van der Waals surface area contributed by atoms with Crippen molar-refractivity contribution in [2.45, 2.75) is 4.90 Å². The number of phenolic OH excluding ortho intramolecular Hbond substituents is 1. The summed E-state index contributed by atoms with van der Waals surface area (Å²) >= 11 is 0. The van der Waals surface area contributed by atoms with Crippen molar-refractivity contribution in [2.75, 3.05) is 23.9 Å². The second kappa shape index (κ2) is 8.07. The highest BCUT2D eigenvalue weighted by Gasteiger charge is 2.20. The van der Waals surface area contributed by atoms with Crippen LogP contribution in [0.5, 0.6) is 23.0 Å². The number of para-hydroxylation sites is 2. The molecule has 0 fully saturated rings. The molecule has 0 atom stereocenters. The van der Waals surface area contributed by atoms with Gasteiger partial charge in [0.15, 0.2) is 11.5 Å². The van der Waals surface area contributed by atoms with E-state index in [0.29, 0.717) is 17.2 Å². The third kappa shape index (κ3) is 4.19. The number of carbonyl (C=O) groups excluding carboxylic acids is 1. The Morgan fingerprint density at radius 1 is 1.00 bits per heavy atom. The van der Waals surface area contributed by atoms with Gasteiger partial charge in [-0.25, -0.2) is 8.42 Å².